The van der Waals surface area contributed by atoms with Gasteiger partial charge in [-0.15, -0.1) is 0 Å². The average molecular weight is 454 g/mol. The number of benzene rings is 3. The van der Waals surface area contributed by atoms with Gasteiger partial charge in [-0.3, -0.25) is 4.79 Å². The van der Waals surface area contributed by atoms with Crippen LogP contribution in [0.2, 0.25) is 0 Å². The smallest absolute Gasteiger partial charge is 0.270 e. The number of amides is 1. The molecule has 0 fully saturated rings. The minimum atomic E-state index is -0.102. The predicted molar refractivity (Wildman–Crippen MR) is 142 cm³/mol. The Morgan fingerprint density at radius 2 is 1.47 bits per heavy atom. The van der Waals surface area contributed by atoms with E-state index in [1.54, 1.807) is 0 Å². The highest BCUT2D eigenvalue weighted by Crippen LogP contribution is 2.31. The lowest BCUT2D eigenvalue weighted by molar-refractivity contribution is 0.0927. The molecule has 176 valence electrons. The average Bonchev–Trinajstić information content (AvgIpc) is 3.28. The first kappa shape index (κ1) is 23.5. The minimum Gasteiger partial charge on any atom is -0.344 e. The van der Waals surface area contributed by atoms with Crippen molar-refractivity contribution in [1.29, 1.82) is 0 Å². The van der Waals surface area contributed by atoms with E-state index in [4.69, 9.17) is 4.98 Å². The van der Waals surface area contributed by atoms with Crippen LogP contribution >= 0.6 is 0 Å². The first-order valence-electron chi connectivity index (χ1n) is 12.2. The number of rotatable bonds is 8. The Labute approximate surface area is 204 Å². The van der Waals surface area contributed by atoms with Crippen molar-refractivity contribution in [2.24, 2.45) is 0 Å². The Morgan fingerprint density at radius 1 is 0.853 bits per heavy atom. The summed E-state index contributed by atoms with van der Waals surface area (Å²) in [6, 6.07) is 28.6. The second-order valence-corrected chi connectivity index (χ2v) is 8.86. The van der Waals surface area contributed by atoms with Crippen LogP contribution in [0.15, 0.2) is 84.9 Å². The van der Waals surface area contributed by atoms with Crippen molar-refractivity contribution in [2.75, 3.05) is 0 Å². The monoisotopic (exact) mass is 453 g/mol. The number of carbonyl (C=O) groups excluding carboxylic acids is 1. The van der Waals surface area contributed by atoms with E-state index in [9.17, 15) is 4.79 Å². The molecule has 0 aliphatic carbocycles. The molecule has 0 saturated carbocycles. The van der Waals surface area contributed by atoms with Crippen molar-refractivity contribution >= 4 is 5.91 Å². The van der Waals surface area contributed by atoms with Crippen LogP contribution in [0.1, 0.15) is 69.1 Å². The highest BCUT2D eigenvalue weighted by molar-refractivity contribution is 5.99. The summed E-state index contributed by atoms with van der Waals surface area (Å²) in [4.78, 5) is 18.8. The summed E-state index contributed by atoms with van der Waals surface area (Å²) >= 11 is 0. The van der Waals surface area contributed by atoms with Gasteiger partial charge in [-0.1, -0.05) is 106 Å². The summed E-state index contributed by atoms with van der Waals surface area (Å²) in [5.74, 6) is 1.15. The molecule has 4 rings (SSSR count). The molecule has 1 heterocycles. The lowest BCUT2D eigenvalue weighted by Crippen LogP contribution is -2.30. The second kappa shape index (κ2) is 10.5. The fourth-order valence-electron chi connectivity index (χ4n) is 4.36. The minimum absolute atomic E-state index is 0. The number of nitrogens with one attached hydrogen (secondary N) is 1. The maximum atomic E-state index is 13.8. The molecule has 1 aromatic heterocycles. The van der Waals surface area contributed by atoms with Gasteiger partial charge >= 0.3 is 0 Å². The normalized spacial score (nSPS) is 12.0. The van der Waals surface area contributed by atoms with E-state index in [1.807, 2.05) is 53.1 Å². The summed E-state index contributed by atoms with van der Waals surface area (Å²) in [5, 5.41) is 3.28. The van der Waals surface area contributed by atoms with Gasteiger partial charge in [-0.2, -0.15) is 0 Å². The van der Waals surface area contributed by atoms with Gasteiger partial charge in [0.05, 0.1) is 6.04 Å². The Morgan fingerprint density at radius 3 is 2.03 bits per heavy atom. The molecule has 0 radical (unpaired) electrons. The Hall–Kier alpha value is -3.66. The number of carbonyl (C=O) groups is 1. The van der Waals surface area contributed by atoms with E-state index in [0.717, 1.165) is 34.6 Å². The molecule has 0 unspecified atom stereocenters. The molecule has 1 amide bonds. The number of aromatic nitrogens is 2. The first-order valence-corrected chi connectivity index (χ1v) is 12.2. The van der Waals surface area contributed by atoms with Crippen LogP contribution in [0.4, 0.5) is 0 Å². The second-order valence-electron chi connectivity index (χ2n) is 8.86. The molecule has 0 bridgehead atoms. The summed E-state index contributed by atoms with van der Waals surface area (Å²) < 4.78 is 2.04. The number of hydrogen-bond donors (Lipinski definition) is 1. The lowest BCUT2D eigenvalue weighted by Gasteiger charge is -2.19. The van der Waals surface area contributed by atoms with Crippen molar-refractivity contribution in [3.63, 3.8) is 0 Å². The molecule has 1 N–H and O–H groups in total. The van der Waals surface area contributed by atoms with Crippen LogP contribution in [0.25, 0.3) is 22.6 Å². The van der Waals surface area contributed by atoms with E-state index in [0.29, 0.717) is 18.2 Å². The molecule has 0 aliphatic rings. The van der Waals surface area contributed by atoms with Crippen LogP contribution in [0.5, 0.6) is 0 Å². The molecular weight excluding hydrogens is 418 g/mol. The zero-order valence-corrected chi connectivity index (χ0v) is 20.5. The molecule has 0 spiro atoms. The third-order valence-corrected chi connectivity index (χ3v) is 6.30. The molecule has 1 atom stereocenters. The van der Waals surface area contributed by atoms with Gasteiger partial charge in [-0.05, 0) is 30.4 Å². The molecule has 0 saturated heterocycles. The number of hydrogen-bond acceptors (Lipinski definition) is 2. The molecule has 0 aliphatic heterocycles. The molecule has 4 heteroatoms. The van der Waals surface area contributed by atoms with E-state index < -0.39 is 0 Å². The van der Waals surface area contributed by atoms with E-state index in [2.05, 4.69) is 69.4 Å². The Bertz CT molecular complexity index is 1230. The van der Waals surface area contributed by atoms with Crippen molar-refractivity contribution in [3.05, 3.63) is 102 Å². The van der Waals surface area contributed by atoms with Crippen LogP contribution in [-0.2, 0) is 6.54 Å². The van der Waals surface area contributed by atoms with Gasteiger partial charge < -0.3 is 9.88 Å². The number of imidazole rings is 1. The lowest BCUT2D eigenvalue weighted by atomic mass is 10.00. The third kappa shape index (κ3) is 4.81. The SMILES string of the molecule is CC[C@H](NC(=O)c1c(-c2ccc(C(C)C)cc2)nc(-c2ccccc2)n1CC)c1ccccc1.[HH]. The summed E-state index contributed by atoms with van der Waals surface area (Å²) in [6.07, 6.45) is 0.806. The van der Waals surface area contributed by atoms with E-state index in [1.165, 1.54) is 5.56 Å². The summed E-state index contributed by atoms with van der Waals surface area (Å²) in [7, 11) is 0. The molecule has 3 aromatic carbocycles. The maximum absolute atomic E-state index is 13.8. The number of nitrogens with zero attached hydrogens (tertiary/aromatic N) is 2. The van der Waals surface area contributed by atoms with Crippen molar-refractivity contribution in [3.8, 4) is 22.6 Å². The third-order valence-electron chi connectivity index (χ3n) is 6.30. The summed E-state index contributed by atoms with van der Waals surface area (Å²) in [5.41, 5.74) is 5.64. The zero-order chi connectivity index (χ0) is 24.1. The van der Waals surface area contributed by atoms with Gasteiger partial charge in [0, 0.05) is 19.1 Å². The Balaban J connectivity index is 0.00000342. The van der Waals surface area contributed by atoms with Crippen LogP contribution in [-0.4, -0.2) is 15.5 Å². The van der Waals surface area contributed by atoms with Crippen LogP contribution < -0.4 is 5.32 Å². The van der Waals surface area contributed by atoms with Crippen molar-refractivity contribution in [2.45, 2.75) is 52.6 Å². The van der Waals surface area contributed by atoms with Gasteiger partial charge in [0.1, 0.15) is 17.2 Å². The zero-order valence-electron chi connectivity index (χ0n) is 20.5. The Kier molecular flexibility index (Phi) is 7.27. The quantitative estimate of drug-likeness (QED) is 0.300. The molecule has 34 heavy (non-hydrogen) atoms. The highest BCUT2D eigenvalue weighted by Gasteiger charge is 2.26. The fourth-order valence-corrected chi connectivity index (χ4v) is 4.36. The van der Waals surface area contributed by atoms with Gasteiger partial charge in [0.2, 0.25) is 0 Å². The highest BCUT2D eigenvalue weighted by atomic mass is 16.2. The van der Waals surface area contributed by atoms with Crippen LogP contribution in [0, 0.1) is 0 Å². The molecular formula is C30H35N3O. The largest absolute Gasteiger partial charge is 0.344 e. The first-order chi connectivity index (χ1) is 16.5. The van der Waals surface area contributed by atoms with Crippen molar-refractivity contribution in [1.82, 2.24) is 14.9 Å². The standard InChI is InChI=1S/C30H33N3O.H2/c1-5-26(23-13-9-7-10-14-23)31-30(34)28-27(24-19-17-22(18-20-24)21(3)4)32-29(33(28)6-2)25-15-11-8-12-16-25;/h7-21,26H,5-6H2,1-4H3,(H,31,34);1H/t26-;/m0./s1. The van der Waals surface area contributed by atoms with E-state index in [-0.39, 0.29) is 13.4 Å². The summed E-state index contributed by atoms with van der Waals surface area (Å²) in [6.45, 7) is 9.16. The molecule has 4 nitrogen and oxygen atoms in total. The maximum Gasteiger partial charge on any atom is 0.270 e. The van der Waals surface area contributed by atoms with Crippen molar-refractivity contribution < 1.29 is 6.22 Å². The fraction of sp³-hybridized carbons (Fsp3) is 0.267. The van der Waals surface area contributed by atoms with Gasteiger partial charge in [0.25, 0.3) is 5.91 Å². The van der Waals surface area contributed by atoms with Gasteiger partial charge in [-0.25, -0.2) is 4.98 Å². The molecule has 4 aromatic rings. The predicted octanol–water partition coefficient (Wildman–Crippen LogP) is 7.49. The van der Waals surface area contributed by atoms with E-state index >= 15 is 0 Å². The topological polar surface area (TPSA) is 46.9 Å². The van der Waals surface area contributed by atoms with Crippen LogP contribution in [0.3, 0.4) is 0 Å². The van der Waals surface area contributed by atoms with Gasteiger partial charge in [0.15, 0.2) is 0 Å².